The molecule has 0 aromatic rings. The maximum atomic E-state index is 0. The first-order valence-corrected chi connectivity index (χ1v) is 0. The Balaban J connectivity index is 0. The summed E-state index contributed by atoms with van der Waals surface area (Å²) in [6, 6.07) is 0. The van der Waals surface area contributed by atoms with E-state index in [4.69, 9.17) is 0 Å². The van der Waals surface area contributed by atoms with Gasteiger partial charge in [-0.05, 0) is 0 Å². The quantitative estimate of drug-likeness (QED) is 0.418. The average Bonchev–Trinajstić information content (AvgIpc) is 0. The van der Waals surface area contributed by atoms with E-state index in [2.05, 4.69) is 0 Å². The predicted octanol–water partition coefficient (Wildman–Crippen LogP) is -1.84. The molecule has 0 aromatic heterocycles. The maximum absolute atomic E-state index is 0. The van der Waals surface area contributed by atoms with Crippen LogP contribution in [0, 0.1) is 41.7 Å². The smallest absolute Gasteiger partial charge is 0 e. The minimum atomic E-state index is 0. The van der Waals surface area contributed by atoms with Gasteiger partial charge in [0.1, 0.15) is 0 Å². The molecule has 0 aliphatic carbocycles. The van der Waals surface area contributed by atoms with Gasteiger partial charge in [-0.3, -0.25) is 0 Å². The Morgan fingerprint density at radius 2 is 0.833 bits per heavy atom. The predicted molar refractivity (Wildman–Crippen MR) is 17.1 cm³/mol. The number of hydrogen-bond donors (Lipinski definition) is 0. The van der Waals surface area contributed by atoms with Crippen LogP contribution in [0.1, 0.15) is 0 Å². The molecule has 0 heterocycles. The van der Waals surface area contributed by atoms with E-state index in [0.29, 0.717) is 0 Å². The normalized spacial score (nSPS) is 0. The minimum absolute atomic E-state index is 0. The van der Waals surface area contributed by atoms with Crippen LogP contribution in [-0.4, -0.2) is 46.1 Å². The maximum Gasteiger partial charge on any atom is 0.316 e. The molecule has 0 aromatic carbocycles. The Bertz CT molecular complexity index is 13.5. The van der Waals surface area contributed by atoms with Gasteiger partial charge in [-0.15, -0.1) is 0 Å². The summed E-state index contributed by atoms with van der Waals surface area (Å²) in [5, 5.41) is 0. The molecule has 0 amide bonds. The summed E-state index contributed by atoms with van der Waals surface area (Å²) in [7, 11) is 0. The van der Waals surface area contributed by atoms with E-state index < -0.39 is 0 Å². The second-order valence-corrected chi connectivity index (χ2v) is 0. The Labute approximate surface area is 153 Å². The molecule has 6 heavy (non-hydrogen) atoms. The molecule has 0 saturated carbocycles. The first-order valence-electron chi connectivity index (χ1n) is 0. The summed E-state index contributed by atoms with van der Waals surface area (Å²) in [4.78, 5) is 0. The van der Waals surface area contributed by atoms with Crippen molar-refractivity contribution in [2.75, 3.05) is 0 Å². The van der Waals surface area contributed by atoms with E-state index >= 15 is 0 Å². The summed E-state index contributed by atoms with van der Waals surface area (Å²) < 4.78 is 0. The van der Waals surface area contributed by atoms with Crippen LogP contribution >= 0.6 is 0 Å². The van der Waals surface area contributed by atoms with Crippen molar-refractivity contribution < 1.29 is 111 Å². The van der Waals surface area contributed by atoms with Gasteiger partial charge < -0.3 is 0 Å². The molecule has 0 spiro atoms. The molecular weight excluding hydrogens is 398 g/mol. The van der Waals surface area contributed by atoms with Gasteiger partial charge >= 0.3 is 46.1 Å². The molecule has 0 bridgehead atoms. The largest absolute Gasteiger partial charge is 0.316 e. The van der Waals surface area contributed by atoms with Crippen molar-refractivity contribution in [3.63, 3.8) is 0 Å². The fraction of sp³-hybridized carbons (Fsp3) is 0. The summed E-state index contributed by atoms with van der Waals surface area (Å²) in [5.41, 5.74) is 0. The van der Waals surface area contributed by atoms with E-state index in [1.807, 2.05) is 0 Å². The summed E-state index contributed by atoms with van der Waals surface area (Å²) in [6.45, 7) is 0. The van der Waals surface area contributed by atoms with Crippen LogP contribution < -0.4 is 0 Å². The SMILES string of the molecule is [Ce].[MgH2].[MgH2].[Mn].[Y].[Zn]. The van der Waals surface area contributed by atoms with Crippen molar-refractivity contribution >= 4 is 46.1 Å². The van der Waals surface area contributed by atoms with Gasteiger partial charge in [0, 0.05) is 111 Å². The molecule has 0 nitrogen and oxygen atoms in total. The van der Waals surface area contributed by atoms with E-state index in [1.165, 1.54) is 0 Å². The number of rotatable bonds is 0. The number of hydrogen-bond acceptors (Lipinski definition) is 0. The topological polar surface area (TPSA) is 0 Å². The molecule has 0 aliphatic heterocycles. The standard InChI is InChI=1S/Ce.2Mg.Mn.Y.Zn.4H. The molecule has 24 valence electrons. The van der Waals surface area contributed by atoms with Gasteiger partial charge in [-0.2, -0.15) is 0 Å². The van der Waals surface area contributed by atoms with Crippen molar-refractivity contribution in [3.05, 3.63) is 0 Å². The van der Waals surface area contributed by atoms with Gasteiger partial charge in [0.15, 0.2) is 0 Å². The third-order valence-electron chi connectivity index (χ3n) is 0. The Morgan fingerprint density at radius 3 is 0.833 bits per heavy atom. The molecule has 2 radical (unpaired) electrons. The molecule has 0 saturated heterocycles. The van der Waals surface area contributed by atoms with Crippen LogP contribution in [0.15, 0.2) is 0 Å². The Hall–Kier alpha value is 5.16. The summed E-state index contributed by atoms with van der Waals surface area (Å²) in [5.74, 6) is 0. The average molecular weight is 402 g/mol. The molecule has 0 N–H and O–H groups in total. The van der Waals surface area contributed by atoms with Crippen LogP contribution in [0.4, 0.5) is 0 Å². The zero-order valence-corrected chi connectivity index (χ0v) is 12.3. The second kappa shape index (κ2) is 32.0. The molecule has 0 atom stereocenters. The molecule has 0 unspecified atom stereocenters. The zero-order chi connectivity index (χ0) is 0. The summed E-state index contributed by atoms with van der Waals surface area (Å²) >= 11 is 0. The van der Waals surface area contributed by atoms with Crippen molar-refractivity contribution in [1.82, 2.24) is 0 Å². The van der Waals surface area contributed by atoms with Gasteiger partial charge in [-0.25, -0.2) is 0 Å². The second-order valence-electron chi connectivity index (χ2n) is 0. The zero-order valence-electron chi connectivity index (χ0n) is 2.16. The van der Waals surface area contributed by atoms with Gasteiger partial charge in [0.05, 0.1) is 0 Å². The minimum Gasteiger partial charge on any atom is 0 e. The van der Waals surface area contributed by atoms with Crippen LogP contribution in [-0.2, 0) is 69.3 Å². The van der Waals surface area contributed by atoms with Gasteiger partial charge in [-0.1, -0.05) is 0 Å². The van der Waals surface area contributed by atoms with Crippen LogP contribution in [0.25, 0.3) is 0 Å². The first kappa shape index (κ1) is 43.3. The fourth-order valence-electron chi connectivity index (χ4n) is 0. The molecular formula is H4CeMg2MnYZn. The Morgan fingerprint density at radius 1 is 0.833 bits per heavy atom. The van der Waals surface area contributed by atoms with Gasteiger partial charge in [0.2, 0.25) is 0 Å². The Kier molecular flexibility index (Phi) is 231. The fourth-order valence-corrected chi connectivity index (χ4v) is 0. The van der Waals surface area contributed by atoms with E-state index in [9.17, 15) is 0 Å². The summed E-state index contributed by atoms with van der Waals surface area (Å²) in [6.07, 6.45) is 0. The van der Waals surface area contributed by atoms with E-state index in [0.717, 1.165) is 0 Å². The molecule has 0 rings (SSSR count). The van der Waals surface area contributed by atoms with Gasteiger partial charge in [0.25, 0.3) is 0 Å². The van der Waals surface area contributed by atoms with E-state index in [1.54, 1.807) is 0 Å². The van der Waals surface area contributed by atoms with Crippen molar-refractivity contribution in [2.24, 2.45) is 0 Å². The van der Waals surface area contributed by atoms with Crippen molar-refractivity contribution in [1.29, 1.82) is 0 Å². The molecule has 6 heteroatoms. The van der Waals surface area contributed by atoms with Crippen molar-refractivity contribution in [3.8, 4) is 0 Å². The van der Waals surface area contributed by atoms with E-state index in [-0.39, 0.29) is 157 Å². The van der Waals surface area contributed by atoms with Crippen LogP contribution in [0.2, 0.25) is 0 Å². The molecule has 0 fully saturated rings. The van der Waals surface area contributed by atoms with Crippen molar-refractivity contribution in [2.45, 2.75) is 0 Å². The van der Waals surface area contributed by atoms with Crippen LogP contribution in [0.3, 0.4) is 0 Å². The monoisotopic (exact) mass is 400 g/mol. The third-order valence-corrected chi connectivity index (χ3v) is 0. The molecule has 0 aliphatic rings. The first-order chi connectivity index (χ1) is 0. The van der Waals surface area contributed by atoms with Crippen LogP contribution in [0.5, 0.6) is 0 Å². The third kappa shape index (κ3) is 22.9.